The number of aliphatic hydroxyl groups is 1. The second-order valence-electron chi connectivity index (χ2n) is 3.96. The summed E-state index contributed by atoms with van der Waals surface area (Å²) in [5, 5.41) is 10.9. The van der Waals surface area contributed by atoms with E-state index < -0.39 is 6.10 Å². The Labute approximate surface area is 112 Å². The molecule has 94 valence electrons. The van der Waals surface area contributed by atoms with Gasteiger partial charge < -0.3 is 9.84 Å². The van der Waals surface area contributed by atoms with Crippen molar-refractivity contribution in [2.75, 3.05) is 6.61 Å². The Morgan fingerprint density at radius 3 is 2.44 bits per heavy atom. The van der Waals surface area contributed by atoms with Gasteiger partial charge in [-0.15, -0.1) is 0 Å². The molecule has 1 atom stereocenters. The maximum atomic E-state index is 10.2. The van der Waals surface area contributed by atoms with Crippen LogP contribution in [0.2, 0.25) is 5.02 Å². The standard InChI is InChI=1S/C15H15ClO2/c1-2-18-14-8-6-11(7-9-14)15(17)12-4-3-5-13(16)10-12/h3-10,15,17H,2H2,1H3/t15-/m1/s1. The van der Waals surface area contributed by atoms with Crippen LogP contribution in [0.15, 0.2) is 48.5 Å². The average Bonchev–Trinajstić information content (AvgIpc) is 2.39. The van der Waals surface area contributed by atoms with Gasteiger partial charge in [0.05, 0.1) is 6.61 Å². The van der Waals surface area contributed by atoms with Gasteiger partial charge in [-0.2, -0.15) is 0 Å². The van der Waals surface area contributed by atoms with Crippen molar-refractivity contribution >= 4 is 11.6 Å². The van der Waals surface area contributed by atoms with E-state index in [-0.39, 0.29) is 0 Å². The Morgan fingerprint density at radius 1 is 1.11 bits per heavy atom. The molecule has 18 heavy (non-hydrogen) atoms. The van der Waals surface area contributed by atoms with Crippen LogP contribution in [0.4, 0.5) is 0 Å². The zero-order valence-corrected chi connectivity index (χ0v) is 10.9. The summed E-state index contributed by atoms with van der Waals surface area (Å²) in [5.41, 5.74) is 1.60. The van der Waals surface area contributed by atoms with E-state index in [2.05, 4.69) is 0 Å². The molecule has 2 rings (SSSR count). The van der Waals surface area contributed by atoms with Crippen LogP contribution in [0.5, 0.6) is 5.75 Å². The van der Waals surface area contributed by atoms with Crippen LogP contribution in [0.3, 0.4) is 0 Å². The molecular weight excluding hydrogens is 248 g/mol. The SMILES string of the molecule is CCOc1ccc([C@@H](O)c2cccc(Cl)c2)cc1. The lowest BCUT2D eigenvalue weighted by atomic mass is 10.0. The summed E-state index contributed by atoms with van der Waals surface area (Å²) in [4.78, 5) is 0. The van der Waals surface area contributed by atoms with E-state index in [0.717, 1.165) is 16.9 Å². The molecule has 2 aromatic carbocycles. The van der Waals surface area contributed by atoms with E-state index in [0.29, 0.717) is 11.6 Å². The maximum absolute atomic E-state index is 10.2. The van der Waals surface area contributed by atoms with E-state index in [4.69, 9.17) is 16.3 Å². The molecule has 0 radical (unpaired) electrons. The minimum absolute atomic E-state index is 0.623. The predicted octanol–water partition coefficient (Wildman–Crippen LogP) is 3.82. The molecule has 0 bridgehead atoms. The highest BCUT2D eigenvalue weighted by atomic mass is 35.5. The molecule has 1 N–H and O–H groups in total. The van der Waals surface area contributed by atoms with Crippen LogP contribution in [-0.4, -0.2) is 11.7 Å². The molecule has 0 saturated heterocycles. The molecule has 0 fully saturated rings. The summed E-state index contributed by atoms with van der Waals surface area (Å²) in [6, 6.07) is 14.7. The topological polar surface area (TPSA) is 29.5 Å². The summed E-state index contributed by atoms with van der Waals surface area (Å²) in [7, 11) is 0. The monoisotopic (exact) mass is 262 g/mol. The first-order valence-corrected chi connectivity index (χ1v) is 6.25. The van der Waals surface area contributed by atoms with Crippen molar-refractivity contribution in [3.05, 3.63) is 64.7 Å². The zero-order valence-electron chi connectivity index (χ0n) is 10.1. The lowest BCUT2D eigenvalue weighted by Crippen LogP contribution is -1.99. The lowest BCUT2D eigenvalue weighted by molar-refractivity contribution is 0.220. The van der Waals surface area contributed by atoms with Gasteiger partial charge in [0.2, 0.25) is 0 Å². The highest BCUT2D eigenvalue weighted by Gasteiger charge is 2.10. The molecule has 0 aliphatic heterocycles. The van der Waals surface area contributed by atoms with Gasteiger partial charge in [-0.1, -0.05) is 35.9 Å². The molecule has 0 aliphatic carbocycles. The highest BCUT2D eigenvalue weighted by molar-refractivity contribution is 6.30. The van der Waals surface area contributed by atoms with Crippen molar-refractivity contribution in [3.63, 3.8) is 0 Å². The van der Waals surface area contributed by atoms with Gasteiger partial charge in [-0.25, -0.2) is 0 Å². The number of hydrogen-bond acceptors (Lipinski definition) is 2. The van der Waals surface area contributed by atoms with E-state index >= 15 is 0 Å². The van der Waals surface area contributed by atoms with Crippen LogP contribution < -0.4 is 4.74 Å². The minimum atomic E-state index is -0.667. The van der Waals surface area contributed by atoms with Crippen molar-refractivity contribution in [3.8, 4) is 5.75 Å². The quantitative estimate of drug-likeness (QED) is 0.908. The van der Waals surface area contributed by atoms with Gasteiger partial charge in [-0.05, 0) is 42.3 Å². The molecule has 0 saturated carbocycles. The van der Waals surface area contributed by atoms with E-state index in [1.807, 2.05) is 43.3 Å². The van der Waals surface area contributed by atoms with Crippen molar-refractivity contribution in [2.45, 2.75) is 13.0 Å². The van der Waals surface area contributed by atoms with Crippen LogP contribution in [-0.2, 0) is 0 Å². The molecule has 0 aromatic heterocycles. The summed E-state index contributed by atoms with van der Waals surface area (Å²) < 4.78 is 5.36. The summed E-state index contributed by atoms with van der Waals surface area (Å²) >= 11 is 5.91. The predicted molar refractivity (Wildman–Crippen MR) is 73.1 cm³/mol. The molecule has 0 heterocycles. The van der Waals surface area contributed by atoms with Crippen molar-refractivity contribution < 1.29 is 9.84 Å². The number of benzene rings is 2. The fourth-order valence-electron chi connectivity index (χ4n) is 1.78. The number of aliphatic hydroxyl groups excluding tert-OH is 1. The largest absolute Gasteiger partial charge is 0.494 e. The zero-order chi connectivity index (χ0) is 13.0. The summed E-state index contributed by atoms with van der Waals surface area (Å²) in [6.45, 7) is 2.57. The molecule has 3 heteroatoms. The Bertz CT molecular complexity index is 508. The molecule has 0 aliphatic rings. The van der Waals surface area contributed by atoms with Crippen LogP contribution in [0.25, 0.3) is 0 Å². The molecule has 2 aromatic rings. The van der Waals surface area contributed by atoms with Gasteiger partial charge >= 0.3 is 0 Å². The third kappa shape index (κ3) is 3.03. The van der Waals surface area contributed by atoms with E-state index in [1.54, 1.807) is 12.1 Å². The molecule has 0 unspecified atom stereocenters. The number of hydrogen-bond donors (Lipinski definition) is 1. The Morgan fingerprint density at radius 2 is 1.83 bits per heavy atom. The Hall–Kier alpha value is -1.51. The second-order valence-corrected chi connectivity index (χ2v) is 4.40. The molecule has 2 nitrogen and oxygen atoms in total. The van der Waals surface area contributed by atoms with Crippen LogP contribution >= 0.6 is 11.6 Å². The number of halogens is 1. The minimum Gasteiger partial charge on any atom is -0.494 e. The first-order chi connectivity index (χ1) is 8.70. The lowest BCUT2D eigenvalue weighted by Gasteiger charge is -2.12. The first-order valence-electron chi connectivity index (χ1n) is 5.87. The normalized spacial score (nSPS) is 12.2. The van der Waals surface area contributed by atoms with Crippen molar-refractivity contribution in [1.82, 2.24) is 0 Å². The van der Waals surface area contributed by atoms with Crippen LogP contribution in [0.1, 0.15) is 24.2 Å². The van der Waals surface area contributed by atoms with E-state index in [1.165, 1.54) is 0 Å². The Balaban J connectivity index is 2.20. The van der Waals surface area contributed by atoms with Crippen molar-refractivity contribution in [1.29, 1.82) is 0 Å². The third-order valence-electron chi connectivity index (χ3n) is 2.67. The number of ether oxygens (including phenoxy) is 1. The van der Waals surface area contributed by atoms with Gasteiger partial charge in [0.1, 0.15) is 11.9 Å². The fraction of sp³-hybridized carbons (Fsp3) is 0.200. The first kappa shape index (κ1) is 12.9. The van der Waals surface area contributed by atoms with Gasteiger partial charge in [-0.3, -0.25) is 0 Å². The number of rotatable bonds is 4. The highest BCUT2D eigenvalue weighted by Crippen LogP contribution is 2.25. The molecular formula is C15H15ClO2. The summed E-state index contributed by atoms with van der Waals surface area (Å²) in [6.07, 6.45) is -0.667. The summed E-state index contributed by atoms with van der Waals surface area (Å²) in [5.74, 6) is 0.805. The smallest absolute Gasteiger partial charge is 0.119 e. The fourth-order valence-corrected chi connectivity index (χ4v) is 1.98. The van der Waals surface area contributed by atoms with E-state index in [9.17, 15) is 5.11 Å². The maximum Gasteiger partial charge on any atom is 0.119 e. The molecule has 0 spiro atoms. The molecule has 0 amide bonds. The second kappa shape index (κ2) is 5.89. The Kier molecular flexibility index (Phi) is 4.24. The third-order valence-corrected chi connectivity index (χ3v) is 2.91. The average molecular weight is 263 g/mol. The van der Waals surface area contributed by atoms with Crippen LogP contribution in [0, 0.1) is 0 Å². The van der Waals surface area contributed by atoms with Gasteiger partial charge in [0, 0.05) is 5.02 Å². The van der Waals surface area contributed by atoms with Gasteiger partial charge in [0.15, 0.2) is 0 Å². The van der Waals surface area contributed by atoms with Gasteiger partial charge in [0.25, 0.3) is 0 Å². The van der Waals surface area contributed by atoms with Crippen molar-refractivity contribution in [2.24, 2.45) is 0 Å².